The van der Waals surface area contributed by atoms with Crippen molar-refractivity contribution in [1.29, 1.82) is 0 Å². The van der Waals surface area contributed by atoms with Crippen LogP contribution in [0.2, 0.25) is 0 Å². The predicted molar refractivity (Wildman–Crippen MR) is 110 cm³/mol. The van der Waals surface area contributed by atoms with Gasteiger partial charge in [-0.25, -0.2) is 0 Å². The summed E-state index contributed by atoms with van der Waals surface area (Å²) in [7, 11) is 0. The van der Waals surface area contributed by atoms with Gasteiger partial charge in [0, 0.05) is 19.5 Å². The standard InChI is InChI=1S/C22H26S2/c1-21(2,3)19-13-11-17(23-19)15-7-9-16(10-8-15)18-12-14-20(24-18)22(4,5)6/h7-14H,1-6H3. The highest BCUT2D eigenvalue weighted by Crippen LogP contribution is 2.38. The van der Waals surface area contributed by atoms with Crippen LogP contribution in [0.4, 0.5) is 0 Å². The lowest BCUT2D eigenvalue weighted by Gasteiger charge is -2.15. The fraction of sp³-hybridized carbons (Fsp3) is 0.364. The van der Waals surface area contributed by atoms with E-state index in [0.29, 0.717) is 0 Å². The summed E-state index contributed by atoms with van der Waals surface area (Å²) < 4.78 is 0. The van der Waals surface area contributed by atoms with Crippen LogP contribution in [0.5, 0.6) is 0 Å². The molecule has 0 N–H and O–H groups in total. The highest BCUT2D eigenvalue weighted by molar-refractivity contribution is 7.16. The Labute approximate surface area is 154 Å². The first-order valence-corrected chi connectivity index (χ1v) is 10.1. The Hall–Kier alpha value is -1.38. The van der Waals surface area contributed by atoms with Crippen molar-refractivity contribution in [1.82, 2.24) is 0 Å². The molecule has 0 saturated carbocycles. The van der Waals surface area contributed by atoms with Crippen LogP contribution in [0, 0.1) is 0 Å². The summed E-state index contributed by atoms with van der Waals surface area (Å²) in [6, 6.07) is 18.1. The maximum absolute atomic E-state index is 2.27. The van der Waals surface area contributed by atoms with Crippen molar-refractivity contribution in [3.8, 4) is 20.9 Å². The van der Waals surface area contributed by atoms with E-state index in [0.717, 1.165) is 0 Å². The summed E-state index contributed by atoms with van der Waals surface area (Å²) in [6.07, 6.45) is 0. The van der Waals surface area contributed by atoms with E-state index in [9.17, 15) is 0 Å². The largest absolute Gasteiger partial charge is 0.140 e. The first-order chi connectivity index (χ1) is 11.1. The molecule has 2 heterocycles. The zero-order chi connectivity index (χ0) is 17.5. The smallest absolute Gasteiger partial charge is 0.0345 e. The third-order valence-electron chi connectivity index (χ3n) is 4.14. The van der Waals surface area contributed by atoms with Crippen LogP contribution in [0.25, 0.3) is 20.9 Å². The minimum atomic E-state index is 0.225. The number of thiophene rings is 2. The number of rotatable bonds is 2. The lowest BCUT2D eigenvalue weighted by molar-refractivity contribution is 0.603. The van der Waals surface area contributed by atoms with Crippen molar-refractivity contribution in [2.24, 2.45) is 0 Å². The Bertz CT molecular complexity index is 747. The SMILES string of the molecule is CC(C)(C)c1ccc(-c2ccc(-c3ccc(C(C)(C)C)s3)cc2)s1. The van der Waals surface area contributed by atoms with Gasteiger partial charge in [-0.2, -0.15) is 0 Å². The molecule has 0 aliphatic carbocycles. The second-order valence-corrected chi connectivity index (χ2v) is 10.6. The summed E-state index contributed by atoms with van der Waals surface area (Å²) in [5, 5.41) is 0. The molecule has 2 heteroatoms. The van der Waals surface area contributed by atoms with Gasteiger partial charge in [0.1, 0.15) is 0 Å². The van der Waals surface area contributed by atoms with Gasteiger partial charge in [0.05, 0.1) is 0 Å². The van der Waals surface area contributed by atoms with E-state index in [1.807, 2.05) is 22.7 Å². The Balaban J connectivity index is 1.86. The molecule has 1 aromatic carbocycles. The molecule has 24 heavy (non-hydrogen) atoms. The Morgan fingerprint density at radius 2 is 0.833 bits per heavy atom. The number of hydrogen-bond acceptors (Lipinski definition) is 2. The maximum Gasteiger partial charge on any atom is 0.0345 e. The molecule has 0 bridgehead atoms. The fourth-order valence-electron chi connectivity index (χ4n) is 2.59. The van der Waals surface area contributed by atoms with E-state index in [1.165, 1.54) is 30.6 Å². The van der Waals surface area contributed by atoms with Crippen LogP contribution in [0.1, 0.15) is 51.3 Å². The van der Waals surface area contributed by atoms with Gasteiger partial charge < -0.3 is 0 Å². The minimum absolute atomic E-state index is 0.225. The Morgan fingerprint density at radius 3 is 1.08 bits per heavy atom. The topological polar surface area (TPSA) is 0 Å². The van der Waals surface area contributed by atoms with Crippen molar-refractivity contribution < 1.29 is 0 Å². The van der Waals surface area contributed by atoms with Crippen LogP contribution < -0.4 is 0 Å². The van der Waals surface area contributed by atoms with E-state index >= 15 is 0 Å². The van der Waals surface area contributed by atoms with Crippen molar-refractivity contribution in [3.05, 3.63) is 58.3 Å². The van der Waals surface area contributed by atoms with Gasteiger partial charge in [0.25, 0.3) is 0 Å². The molecule has 0 aliphatic rings. The molecule has 0 radical (unpaired) electrons. The monoisotopic (exact) mass is 354 g/mol. The summed E-state index contributed by atoms with van der Waals surface area (Å²) >= 11 is 3.81. The van der Waals surface area contributed by atoms with Gasteiger partial charge in [-0.15, -0.1) is 22.7 Å². The van der Waals surface area contributed by atoms with Gasteiger partial charge in [-0.3, -0.25) is 0 Å². The summed E-state index contributed by atoms with van der Waals surface area (Å²) in [5.41, 5.74) is 3.07. The van der Waals surface area contributed by atoms with Crippen LogP contribution in [0.3, 0.4) is 0 Å². The summed E-state index contributed by atoms with van der Waals surface area (Å²) in [5.74, 6) is 0. The molecule has 0 unspecified atom stereocenters. The molecule has 0 saturated heterocycles. The first kappa shape index (κ1) is 17.4. The van der Waals surface area contributed by atoms with E-state index in [4.69, 9.17) is 0 Å². The highest BCUT2D eigenvalue weighted by atomic mass is 32.1. The van der Waals surface area contributed by atoms with E-state index in [2.05, 4.69) is 90.1 Å². The fourth-order valence-corrected chi connectivity index (χ4v) is 4.73. The molecule has 0 aliphatic heterocycles. The zero-order valence-corrected chi connectivity index (χ0v) is 17.1. The highest BCUT2D eigenvalue weighted by Gasteiger charge is 2.18. The van der Waals surface area contributed by atoms with Gasteiger partial charge >= 0.3 is 0 Å². The second kappa shape index (κ2) is 6.16. The molecular formula is C22H26S2. The van der Waals surface area contributed by atoms with E-state index < -0.39 is 0 Å². The van der Waals surface area contributed by atoms with E-state index in [-0.39, 0.29) is 10.8 Å². The molecule has 0 amide bonds. The lowest BCUT2D eigenvalue weighted by atomic mass is 9.95. The van der Waals surface area contributed by atoms with Crippen molar-refractivity contribution in [2.75, 3.05) is 0 Å². The number of benzene rings is 1. The molecule has 0 atom stereocenters. The Kier molecular flexibility index (Phi) is 4.48. The van der Waals surface area contributed by atoms with Crippen molar-refractivity contribution in [2.45, 2.75) is 52.4 Å². The van der Waals surface area contributed by atoms with Crippen LogP contribution in [-0.2, 0) is 10.8 Å². The Morgan fingerprint density at radius 1 is 0.500 bits per heavy atom. The van der Waals surface area contributed by atoms with Crippen LogP contribution in [0.15, 0.2) is 48.5 Å². The van der Waals surface area contributed by atoms with Crippen molar-refractivity contribution in [3.63, 3.8) is 0 Å². The van der Waals surface area contributed by atoms with Crippen LogP contribution in [-0.4, -0.2) is 0 Å². The van der Waals surface area contributed by atoms with E-state index in [1.54, 1.807) is 0 Å². The third-order valence-corrected chi connectivity index (χ3v) is 7.26. The lowest BCUT2D eigenvalue weighted by Crippen LogP contribution is -2.07. The summed E-state index contributed by atoms with van der Waals surface area (Å²) in [6.45, 7) is 13.6. The predicted octanol–water partition coefficient (Wildman–Crippen LogP) is 7.74. The first-order valence-electron chi connectivity index (χ1n) is 8.46. The molecule has 3 aromatic rings. The maximum atomic E-state index is 2.27. The second-order valence-electron chi connectivity index (χ2n) is 8.41. The molecule has 126 valence electrons. The average molecular weight is 355 g/mol. The van der Waals surface area contributed by atoms with Gasteiger partial charge in [-0.05, 0) is 46.2 Å². The van der Waals surface area contributed by atoms with Crippen molar-refractivity contribution >= 4 is 22.7 Å². The minimum Gasteiger partial charge on any atom is -0.140 e. The van der Waals surface area contributed by atoms with Crippen LogP contribution >= 0.6 is 22.7 Å². The third kappa shape index (κ3) is 3.65. The average Bonchev–Trinajstić information content (AvgIpc) is 3.16. The van der Waals surface area contributed by atoms with Gasteiger partial charge in [-0.1, -0.05) is 65.8 Å². The quantitative estimate of drug-likeness (QED) is 0.441. The number of hydrogen-bond donors (Lipinski definition) is 0. The molecular weight excluding hydrogens is 328 g/mol. The van der Waals surface area contributed by atoms with Gasteiger partial charge in [0.2, 0.25) is 0 Å². The summed E-state index contributed by atoms with van der Waals surface area (Å²) in [4.78, 5) is 5.59. The molecule has 2 aromatic heterocycles. The molecule has 0 spiro atoms. The molecule has 3 rings (SSSR count). The normalized spacial score (nSPS) is 12.6. The molecule has 0 fully saturated rings. The molecule has 0 nitrogen and oxygen atoms in total. The van der Waals surface area contributed by atoms with Gasteiger partial charge in [0.15, 0.2) is 0 Å². The zero-order valence-electron chi connectivity index (χ0n) is 15.4.